The van der Waals surface area contributed by atoms with Crippen LogP contribution in [0.3, 0.4) is 0 Å². The first-order valence-electron chi connectivity index (χ1n) is 10.7. The van der Waals surface area contributed by atoms with Gasteiger partial charge in [-0.25, -0.2) is 9.37 Å². The number of ether oxygens (including phenoxy) is 1. The minimum absolute atomic E-state index is 0.251. The van der Waals surface area contributed by atoms with Crippen LogP contribution in [0.1, 0.15) is 10.4 Å². The van der Waals surface area contributed by atoms with Crippen LogP contribution < -0.4 is 10.2 Å². The second kappa shape index (κ2) is 9.26. The summed E-state index contributed by atoms with van der Waals surface area (Å²) >= 11 is 0. The summed E-state index contributed by atoms with van der Waals surface area (Å²) in [6, 6.07) is 21.1. The SMILES string of the molecule is O=C(Nc1cccc(N2CCOCC2)c1)c1ccccc1-c1ncc(-c2ccccc2F)o1. The average molecular weight is 443 g/mol. The maximum Gasteiger partial charge on any atom is 0.256 e. The molecule has 3 aromatic carbocycles. The summed E-state index contributed by atoms with van der Waals surface area (Å²) in [6.45, 7) is 3.01. The number of amides is 1. The van der Waals surface area contributed by atoms with Gasteiger partial charge in [-0.05, 0) is 42.5 Å². The van der Waals surface area contributed by atoms with E-state index in [1.807, 2.05) is 24.3 Å². The summed E-state index contributed by atoms with van der Waals surface area (Å²) in [5, 5.41) is 2.97. The monoisotopic (exact) mass is 443 g/mol. The molecule has 0 spiro atoms. The van der Waals surface area contributed by atoms with Crippen LogP contribution >= 0.6 is 0 Å². The zero-order valence-corrected chi connectivity index (χ0v) is 17.8. The van der Waals surface area contributed by atoms with Crippen molar-refractivity contribution in [3.8, 4) is 22.8 Å². The van der Waals surface area contributed by atoms with E-state index in [1.54, 1.807) is 42.5 Å². The van der Waals surface area contributed by atoms with Crippen LogP contribution in [0.2, 0.25) is 0 Å². The molecule has 2 heterocycles. The summed E-state index contributed by atoms with van der Waals surface area (Å²) in [6.07, 6.45) is 1.47. The van der Waals surface area contributed by atoms with Gasteiger partial charge < -0.3 is 19.4 Å². The molecule has 166 valence electrons. The van der Waals surface area contributed by atoms with Crippen LogP contribution in [-0.4, -0.2) is 37.2 Å². The molecule has 0 bridgehead atoms. The van der Waals surface area contributed by atoms with Crippen molar-refractivity contribution in [1.82, 2.24) is 4.98 Å². The van der Waals surface area contributed by atoms with Crippen LogP contribution in [0.5, 0.6) is 0 Å². The lowest BCUT2D eigenvalue weighted by molar-refractivity contribution is 0.102. The van der Waals surface area contributed by atoms with Gasteiger partial charge in [0, 0.05) is 30.0 Å². The van der Waals surface area contributed by atoms with Crippen molar-refractivity contribution in [2.45, 2.75) is 0 Å². The van der Waals surface area contributed by atoms with E-state index in [1.165, 1.54) is 12.3 Å². The number of benzene rings is 3. The molecule has 0 atom stereocenters. The molecule has 0 saturated carbocycles. The van der Waals surface area contributed by atoms with Gasteiger partial charge in [-0.15, -0.1) is 0 Å². The quantitative estimate of drug-likeness (QED) is 0.457. The van der Waals surface area contributed by atoms with Gasteiger partial charge in [0.05, 0.1) is 30.5 Å². The third-order valence-electron chi connectivity index (χ3n) is 5.53. The summed E-state index contributed by atoms with van der Waals surface area (Å²) in [5.74, 6) is -0.126. The first-order chi connectivity index (χ1) is 16.2. The highest BCUT2D eigenvalue weighted by Gasteiger charge is 2.19. The molecule has 4 aromatic rings. The molecule has 0 unspecified atom stereocenters. The Kier molecular flexibility index (Phi) is 5.87. The van der Waals surface area contributed by atoms with E-state index in [0.29, 0.717) is 41.4 Å². The predicted molar refractivity (Wildman–Crippen MR) is 125 cm³/mol. The molecule has 1 N–H and O–H groups in total. The molecule has 1 saturated heterocycles. The smallest absolute Gasteiger partial charge is 0.256 e. The fourth-order valence-corrected chi connectivity index (χ4v) is 3.85. The Labute approximate surface area is 190 Å². The van der Waals surface area contributed by atoms with Crippen LogP contribution in [-0.2, 0) is 4.74 Å². The van der Waals surface area contributed by atoms with E-state index in [0.717, 1.165) is 18.8 Å². The summed E-state index contributed by atoms with van der Waals surface area (Å²) in [5.41, 5.74) is 2.99. The van der Waals surface area contributed by atoms with Crippen molar-refractivity contribution in [2.75, 3.05) is 36.5 Å². The molecule has 6 nitrogen and oxygen atoms in total. The third kappa shape index (κ3) is 4.49. The number of oxazole rings is 1. The topological polar surface area (TPSA) is 67.6 Å². The number of nitrogens with zero attached hydrogens (tertiary/aromatic N) is 2. The highest BCUT2D eigenvalue weighted by molar-refractivity contribution is 6.08. The van der Waals surface area contributed by atoms with Gasteiger partial charge in [0.1, 0.15) is 5.82 Å². The maximum absolute atomic E-state index is 14.1. The number of carbonyl (C=O) groups excluding carboxylic acids is 1. The predicted octanol–water partition coefficient (Wildman–Crippen LogP) is 5.24. The van der Waals surface area contributed by atoms with E-state index in [2.05, 4.69) is 15.2 Å². The normalized spacial score (nSPS) is 13.7. The first kappa shape index (κ1) is 20.9. The van der Waals surface area contributed by atoms with Gasteiger partial charge in [0.25, 0.3) is 5.91 Å². The first-order valence-corrected chi connectivity index (χ1v) is 10.7. The van der Waals surface area contributed by atoms with Gasteiger partial charge in [0.15, 0.2) is 5.76 Å². The highest BCUT2D eigenvalue weighted by atomic mass is 19.1. The lowest BCUT2D eigenvalue weighted by Gasteiger charge is -2.29. The van der Waals surface area contributed by atoms with Gasteiger partial charge in [-0.3, -0.25) is 4.79 Å². The third-order valence-corrected chi connectivity index (χ3v) is 5.53. The number of nitrogens with one attached hydrogen (secondary N) is 1. The number of hydrogen-bond donors (Lipinski definition) is 1. The molecule has 0 aliphatic carbocycles. The zero-order chi connectivity index (χ0) is 22.6. The van der Waals surface area contributed by atoms with E-state index >= 15 is 0 Å². The molecule has 5 rings (SSSR count). The minimum Gasteiger partial charge on any atom is -0.436 e. The average Bonchev–Trinajstić information content (AvgIpc) is 3.35. The summed E-state index contributed by atoms with van der Waals surface area (Å²) in [4.78, 5) is 19.7. The Morgan fingerprint density at radius 3 is 2.52 bits per heavy atom. The van der Waals surface area contributed by atoms with E-state index in [4.69, 9.17) is 9.15 Å². The molecule has 1 aliphatic heterocycles. The largest absolute Gasteiger partial charge is 0.436 e. The van der Waals surface area contributed by atoms with E-state index in [9.17, 15) is 9.18 Å². The molecule has 1 aromatic heterocycles. The number of rotatable bonds is 5. The number of aromatic nitrogens is 1. The fraction of sp³-hybridized carbons (Fsp3) is 0.154. The Morgan fingerprint density at radius 1 is 0.939 bits per heavy atom. The minimum atomic E-state index is -0.397. The zero-order valence-electron chi connectivity index (χ0n) is 17.8. The van der Waals surface area contributed by atoms with Crippen LogP contribution in [0.15, 0.2) is 83.4 Å². The van der Waals surface area contributed by atoms with E-state index in [-0.39, 0.29) is 11.8 Å². The van der Waals surface area contributed by atoms with Gasteiger partial charge in [-0.1, -0.05) is 30.3 Å². The second-order valence-corrected chi connectivity index (χ2v) is 7.66. The lowest BCUT2D eigenvalue weighted by atomic mass is 10.1. The summed E-state index contributed by atoms with van der Waals surface area (Å²) < 4.78 is 25.4. The van der Waals surface area contributed by atoms with Crippen LogP contribution in [0.25, 0.3) is 22.8 Å². The number of carbonyl (C=O) groups is 1. The van der Waals surface area contributed by atoms with E-state index < -0.39 is 5.82 Å². The Hall–Kier alpha value is -3.97. The molecular formula is C26H22FN3O3. The molecule has 33 heavy (non-hydrogen) atoms. The Morgan fingerprint density at radius 2 is 1.70 bits per heavy atom. The van der Waals surface area contributed by atoms with Crippen molar-refractivity contribution < 1.29 is 18.3 Å². The number of anilines is 2. The van der Waals surface area contributed by atoms with Gasteiger partial charge in [0.2, 0.25) is 5.89 Å². The van der Waals surface area contributed by atoms with Crippen molar-refractivity contribution in [1.29, 1.82) is 0 Å². The maximum atomic E-state index is 14.1. The van der Waals surface area contributed by atoms with Gasteiger partial charge in [-0.2, -0.15) is 0 Å². The summed E-state index contributed by atoms with van der Waals surface area (Å²) in [7, 11) is 0. The number of halogens is 1. The van der Waals surface area contributed by atoms with Crippen molar-refractivity contribution in [2.24, 2.45) is 0 Å². The molecular weight excluding hydrogens is 421 g/mol. The van der Waals surface area contributed by atoms with Crippen molar-refractivity contribution in [3.63, 3.8) is 0 Å². The lowest BCUT2D eigenvalue weighted by Crippen LogP contribution is -2.36. The van der Waals surface area contributed by atoms with Gasteiger partial charge >= 0.3 is 0 Å². The number of hydrogen-bond acceptors (Lipinski definition) is 5. The van der Waals surface area contributed by atoms with Crippen molar-refractivity contribution >= 4 is 17.3 Å². The Balaban J connectivity index is 1.40. The standard InChI is InChI=1S/C26H22FN3O3/c27-23-11-4-3-10-22(23)24-17-28-26(33-24)21-9-2-1-8-20(21)25(31)29-18-6-5-7-19(16-18)30-12-14-32-15-13-30/h1-11,16-17H,12-15H2,(H,29,31). The number of morpholine rings is 1. The fourth-order valence-electron chi connectivity index (χ4n) is 3.85. The molecule has 0 radical (unpaired) electrons. The van der Waals surface area contributed by atoms with Crippen LogP contribution in [0.4, 0.5) is 15.8 Å². The Bertz CT molecular complexity index is 1280. The molecule has 1 fully saturated rings. The molecule has 7 heteroatoms. The second-order valence-electron chi connectivity index (χ2n) is 7.66. The molecule has 1 amide bonds. The highest BCUT2D eigenvalue weighted by Crippen LogP contribution is 2.30. The van der Waals surface area contributed by atoms with Crippen molar-refractivity contribution in [3.05, 3.63) is 90.4 Å². The molecule has 1 aliphatic rings. The van der Waals surface area contributed by atoms with Crippen LogP contribution in [0, 0.1) is 5.82 Å².